The molecule has 0 saturated heterocycles. The van der Waals surface area contributed by atoms with E-state index in [0.29, 0.717) is 19.6 Å². The predicted octanol–water partition coefficient (Wildman–Crippen LogP) is 3.29. The van der Waals surface area contributed by atoms with Crippen molar-refractivity contribution in [1.29, 1.82) is 0 Å². The summed E-state index contributed by atoms with van der Waals surface area (Å²) in [5.74, 6) is 0. The standard InChI is InChI=1S/C18H20I2N2O2/c1-21(6-7-23)10-14(24)11-22-17-4-2-12(19)8-15(17)16-9-13(20)3-5-18(16)22/h2-5,8-9,14,23-24H,6-7,10-11H2,1H3. The van der Waals surface area contributed by atoms with Gasteiger partial charge in [-0.3, -0.25) is 0 Å². The van der Waals surface area contributed by atoms with Crippen molar-refractivity contribution < 1.29 is 10.2 Å². The molecule has 0 spiro atoms. The Bertz CT molecular complexity index is 804. The molecule has 128 valence electrons. The van der Waals surface area contributed by atoms with Crippen LogP contribution in [0.2, 0.25) is 0 Å². The van der Waals surface area contributed by atoms with Crippen LogP contribution in [-0.4, -0.2) is 52.5 Å². The molecule has 0 radical (unpaired) electrons. The molecule has 0 aliphatic rings. The predicted molar refractivity (Wildman–Crippen MR) is 115 cm³/mol. The zero-order valence-electron chi connectivity index (χ0n) is 13.4. The summed E-state index contributed by atoms with van der Waals surface area (Å²) in [6.07, 6.45) is -0.487. The molecule has 3 rings (SSSR count). The first-order valence-corrected chi connectivity index (χ1v) is 10.00. The van der Waals surface area contributed by atoms with Crippen molar-refractivity contribution in [3.05, 3.63) is 43.5 Å². The molecule has 24 heavy (non-hydrogen) atoms. The number of rotatable bonds is 6. The monoisotopic (exact) mass is 550 g/mol. The molecule has 4 nitrogen and oxygen atoms in total. The highest BCUT2D eigenvalue weighted by Crippen LogP contribution is 2.31. The van der Waals surface area contributed by atoms with E-state index >= 15 is 0 Å². The number of aliphatic hydroxyl groups excluding tert-OH is 2. The van der Waals surface area contributed by atoms with Crippen LogP contribution in [0, 0.1) is 7.14 Å². The molecule has 0 amide bonds. The Balaban J connectivity index is 2.02. The summed E-state index contributed by atoms with van der Waals surface area (Å²) in [7, 11) is 1.91. The van der Waals surface area contributed by atoms with E-state index in [9.17, 15) is 5.11 Å². The van der Waals surface area contributed by atoms with Crippen molar-refractivity contribution in [2.75, 3.05) is 26.7 Å². The summed E-state index contributed by atoms with van der Waals surface area (Å²) in [5.41, 5.74) is 2.30. The molecule has 1 heterocycles. The number of fused-ring (bicyclic) bond motifs is 3. The third kappa shape index (κ3) is 3.87. The minimum Gasteiger partial charge on any atom is -0.395 e. The van der Waals surface area contributed by atoms with Gasteiger partial charge in [-0.15, -0.1) is 0 Å². The van der Waals surface area contributed by atoms with E-state index in [4.69, 9.17) is 5.11 Å². The highest BCUT2D eigenvalue weighted by atomic mass is 127. The fourth-order valence-corrected chi connectivity index (χ4v) is 4.12. The Morgan fingerprint density at radius 1 is 1.04 bits per heavy atom. The van der Waals surface area contributed by atoms with Crippen LogP contribution in [0.3, 0.4) is 0 Å². The topological polar surface area (TPSA) is 48.6 Å². The lowest BCUT2D eigenvalue weighted by Crippen LogP contribution is -2.33. The van der Waals surface area contributed by atoms with E-state index in [1.165, 1.54) is 17.9 Å². The van der Waals surface area contributed by atoms with Crippen molar-refractivity contribution in [1.82, 2.24) is 9.47 Å². The third-order valence-electron chi connectivity index (χ3n) is 4.19. The normalized spacial score (nSPS) is 13.2. The Morgan fingerprint density at radius 2 is 1.58 bits per heavy atom. The number of halogens is 2. The lowest BCUT2D eigenvalue weighted by atomic mass is 10.2. The largest absolute Gasteiger partial charge is 0.395 e. The van der Waals surface area contributed by atoms with Gasteiger partial charge in [-0.05, 0) is 88.6 Å². The molecule has 0 fully saturated rings. The number of hydrogen-bond donors (Lipinski definition) is 2. The fraction of sp³-hybridized carbons (Fsp3) is 0.333. The van der Waals surface area contributed by atoms with Gasteiger partial charge < -0.3 is 19.7 Å². The molecule has 1 atom stereocenters. The number of hydrogen-bond acceptors (Lipinski definition) is 3. The first-order chi connectivity index (χ1) is 11.5. The van der Waals surface area contributed by atoms with Crippen LogP contribution >= 0.6 is 45.2 Å². The van der Waals surface area contributed by atoms with Crippen LogP contribution in [0.25, 0.3) is 21.8 Å². The minimum atomic E-state index is -0.487. The molecular weight excluding hydrogens is 530 g/mol. The van der Waals surface area contributed by atoms with Gasteiger partial charge in [0.1, 0.15) is 0 Å². The van der Waals surface area contributed by atoms with E-state index in [-0.39, 0.29) is 6.61 Å². The maximum Gasteiger partial charge on any atom is 0.0845 e. The second kappa shape index (κ2) is 7.86. The van der Waals surface area contributed by atoms with Crippen molar-refractivity contribution in [3.8, 4) is 0 Å². The summed E-state index contributed by atoms with van der Waals surface area (Å²) in [5, 5.41) is 22.0. The summed E-state index contributed by atoms with van der Waals surface area (Å²) < 4.78 is 4.62. The second-order valence-electron chi connectivity index (χ2n) is 6.07. The summed E-state index contributed by atoms with van der Waals surface area (Å²) in [6.45, 7) is 1.75. The SMILES string of the molecule is CN(CCO)CC(O)Cn1c2ccc(I)cc2c2cc(I)ccc21. The quantitative estimate of drug-likeness (QED) is 0.464. The number of aromatic nitrogens is 1. The minimum absolute atomic E-state index is 0.107. The van der Waals surface area contributed by atoms with Crippen LogP contribution < -0.4 is 0 Å². The number of likely N-dealkylation sites (N-methyl/N-ethyl adjacent to an activating group) is 1. The van der Waals surface area contributed by atoms with E-state index in [0.717, 1.165) is 11.0 Å². The van der Waals surface area contributed by atoms with Gasteiger partial charge in [0.25, 0.3) is 0 Å². The highest BCUT2D eigenvalue weighted by Gasteiger charge is 2.15. The van der Waals surface area contributed by atoms with Gasteiger partial charge in [-0.2, -0.15) is 0 Å². The Morgan fingerprint density at radius 3 is 2.08 bits per heavy atom. The van der Waals surface area contributed by atoms with E-state index in [1.54, 1.807) is 0 Å². The molecule has 0 bridgehead atoms. The van der Waals surface area contributed by atoms with E-state index in [2.05, 4.69) is 86.1 Å². The molecule has 0 aliphatic carbocycles. The summed E-state index contributed by atoms with van der Waals surface area (Å²) in [6, 6.07) is 12.9. The van der Waals surface area contributed by atoms with Gasteiger partial charge in [-0.25, -0.2) is 0 Å². The van der Waals surface area contributed by atoms with Crippen LogP contribution in [0.15, 0.2) is 36.4 Å². The van der Waals surface area contributed by atoms with E-state index in [1.807, 2.05) is 11.9 Å². The zero-order valence-corrected chi connectivity index (χ0v) is 17.7. The molecule has 1 unspecified atom stereocenters. The fourth-order valence-electron chi connectivity index (χ4n) is 3.14. The first-order valence-electron chi connectivity index (χ1n) is 7.84. The molecule has 0 aliphatic heterocycles. The van der Waals surface area contributed by atoms with Gasteiger partial charge in [0, 0.05) is 42.0 Å². The Kier molecular flexibility index (Phi) is 6.02. The summed E-state index contributed by atoms with van der Waals surface area (Å²) >= 11 is 4.68. The van der Waals surface area contributed by atoms with Gasteiger partial charge in [0.2, 0.25) is 0 Å². The summed E-state index contributed by atoms with van der Waals surface area (Å²) in [4.78, 5) is 1.95. The Hall–Kier alpha value is -0.420. The van der Waals surface area contributed by atoms with Gasteiger partial charge >= 0.3 is 0 Å². The number of nitrogens with zero attached hydrogens (tertiary/aromatic N) is 2. The van der Waals surface area contributed by atoms with E-state index < -0.39 is 6.10 Å². The molecule has 1 aromatic heterocycles. The van der Waals surface area contributed by atoms with Gasteiger partial charge in [-0.1, -0.05) is 0 Å². The van der Waals surface area contributed by atoms with Crippen LogP contribution in [-0.2, 0) is 6.54 Å². The molecule has 2 N–H and O–H groups in total. The third-order valence-corrected chi connectivity index (χ3v) is 5.53. The van der Waals surface area contributed by atoms with Crippen molar-refractivity contribution in [2.24, 2.45) is 0 Å². The van der Waals surface area contributed by atoms with Crippen molar-refractivity contribution >= 4 is 67.0 Å². The average Bonchev–Trinajstić information content (AvgIpc) is 2.80. The highest BCUT2D eigenvalue weighted by molar-refractivity contribution is 14.1. The lowest BCUT2D eigenvalue weighted by molar-refractivity contribution is 0.102. The van der Waals surface area contributed by atoms with Gasteiger partial charge in [0.05, 0.1) is 19.3 Å². The molecule has 0 saturated carbocycles. The second-order valence-corrected chi connectivity index (χ2v) is 8.56. The van der Waals surface area contributed by atoms with Crippen LogP contribution in [0.1, 0.15) is 0 Å². The van der Waals surface area contributed by atoms with Crippen molar-refractivity contribution in [2.45, 2.75) is 12.6 Å². The maximum absolute atomic E-state index is 10.5. The number of benzene rings is 2. The smallest absolute Gasteiger partial charge is 0.0845 e. The molecule has 6 heteroatoms. The molecule has 3 aromatic rings. The first kappa shape index (κ1) is 18.4. The number of aliphatic hydroxyl groups is 2. The molecule has 2 aromatic carbocycles. The Labute approximate surface area is 168 Å². The van der Waals surface area contributed by atoms with Crippen LogP contribution in [0.5, 0.6) is 0 Å². The van der Waals surface area contributed by atoms with Gasteiger partial charge in [0.15, 0.2) is 0 Å². The maximum atomic E-state index is 10.5. The van der Waals surface area contributed by atoms with Crippen molar-refractivity contribution in [3.63, 3.8) is 0 Å². The molecular formula is C18H20I2N2O2. The zero-order chi connectivity index (χ0) is 17.3. The lowest BCUT2D eigenvalue weighted by Gasteiger charge is -2.20. The average molecular weight is 550 g/mol. The van der Waals surface area contributed by atoms with Crippen LogP contribution in [0.4, 0.5) is 0 Å².